The van der Waals surface area contributed by atoms with Crippen LogP contribution in [0, 0.1) is 6.92 Å². The SMILES string of the molecule is Cc1ccccc1O.O=C1OCc2ccccc21. The van der Waals surface area contributed by atoms with Gasteiger partial charge in [0.05, 0.1) is 5.56 Å². The molecule has 3 rings (SSSR count). The molecule has 0 atom stereocenters. The van der Waals surface area contributed by atoms with Crippen LogP contribution in [0.1, 0.15) is 21.5 Å². The summed E-state index contributed by atoms with van der Waals surface area (Å²) < 4.78 is 4.78. The first-order chi connectivity index (χ1) is 8.68. The van der Waals surface area contributed by atoms with E-state index >= 15 is 0 Å². The summed E-state index contributed by atoms with van der Waals surface area (Å²) >= 11 is 0. The Morgan fingerprint density at radius 2 is 1.72 bits per heavy atom. The van der Waals surface area contributed by atoms with Gasteiger partial charge >= 0.3 is 5.97 Å². The summed E-state index contributed by atoms with van der Waals surface area (Å²) in [6, 6.07) is 14.7. The molecule has 0 aromatic heterocycles. The molecule has 0 unspecified atom stereocenters. The molecule has 0 saturated carbocycles. The van der Waals surface area contributed by atoms with Crippen molar-refractivity contribution in [3.63, 3.8) is 0 Å². The highest BCUT2D eigenvalue weighted by atomic mass is 16.5. The first kappa shape index (κ1) is 12.2. The third-order valence-corrected chi connectivity index (χ3v) is 2.71. The van der Waals surface area contributed by atoms with Gasteiger partial charge in [-0.2, -0.15) is 0 Å². The van der Waals surface area contributed by atoms with Crippen molar-refractivity contribution in [2.24, 2.45) is 0 Å². The van der Waals surface area contributed by atoms with Gasteiger partial charge in [0, 0.05) is 5.56 Å². The van der Waals surface area contributed by atoms with E-state index in [4.69, 9.17) is 9.84 Å². The Bertz CT molecular complexity index is 540. The lowest BCUT2D eigenvalue weighted by molar-refractivity contribution is 0.0535. The molecule has 1 N–H and O–H groups in total. The number of carbonyl (C=O) groups excluding carboxylic acids is 1. The van der Waals surface area contributed by atoms with Crippen LogP contribution < -0.4 is 0 Å². The van der Waals surface area contributed by atoms with Crippen LogP contribution in [0.4, 0.5) is 0 Å². The molecule has 2 aromatic carbocycles. The highest BCUT2D eigenvalue weighted by Crippen LogP contribution is 2.18. The minimum atomic E-state index is -0.199. The van der Waals surface area contributed by atoms with Gasteiger partial charge in [-0.3, -0.25) is 0 Å². The lowest BCUT2D eigenvalue weighted by atomic mass is 10.1. The number of rotatable bonds is 0. The molecule has 3 nitrogen and oxygen atoms in total. The van der Waals surface area contributed by atoms with Crippen LogP contribution in [0.15, 0.2) is 48.5 Å². The van der Waals surface area contributed by atoms with Crippen LogP contribution in [0.3, 0.4) is 0 Å². The summed E-state index contributed by atoms with van der Waals surface area (Å²) in [5, 5.41) is 8.92. The standard InChI is InChI=1S/C8H6O2.C7H8O/c9-8-7-4-2-1-3-6(7)5-10-8;1-6-4-2-3-5-7(6)8/h1-4H,5H2;2-5,8H,1H3. The summed E-state index contributed by atoms with van der Waals surface area (Å²) in [5.41, 5.74) is 2.63. The third-order valence-electron chi connectivity index (χ3n) is 2.71. The average molecular weight is 242 g/mol. The smallest absolute Gasteiger partial charge is 0.338 e. The van der Waals surface area contributed by atoms with E-state index in [9.17, 15) is 4.79 Å². The topological polar surface area (TPSA) is 46.5 Å². The summed E-state index contributed by atoms with van der Waals surface area (Å²) in [6.45, 7) is 2.31. The monoisotopic (exact) mass is 242 g/mol. The molecule has 2 aromatic rings. The van der Waals surface area contributed by atoms with Crippen molar-refractivity contribution in [1.82, 2.24) is 0 Å². The van der Waals surface area contributed by atoms with Crippen molar-refractivity contribution in [3.05, 3.63) is 65.2 Å². The van der Waals surface area contributed by atoms with Gasteiger partial charge in [0.25, 0.3) is 0 Å². The van der Waals surface area contributed by atoms with Crippen molar-refractivity contribution in [2.45, 2.75) is 13.5 Å². The van der Waals surface area contributed by atoms with Crippen molar-refractivity contribution in [2.75, 3.05) is 0 Å². The predicted octanol–water partition coefficient (Wildman–Crippen LogP) is 3.06. The number of fused-ring (bicyclic) bond motifs is 1. The van der Waals surface area contributed by atoms with E-state index < -0.39 is 0 Å². The Balaban J connectivity index is 0.000000138. The molecular weight excluding hydrogens is 228 g/mol. The number of phenolic OH excluding ortho intramolecular Hbond substituents is 1. The molecule has 1 aliphatic heterocycles. The maximum atomic E-state index is 10.8. The first-order valence-electron chi connectivity index (χ1n) is 5.68. The van der Waals surface area contributed by atoms with Gasteiger partial charge in [-0.15, -0.1) is 0 Å². The van der Waals surface area contributed by atoms with Gasteiger partial charge in [-0.1, -0.05) is 36.4 Å². The van der Waals surface area contributed by atoms with Crippen LogP contribution in [0.2, 0.25) is 0 Å². The maximum absolute atomic E-state index is 10.8. The van der Waals surface area contributed by atoms with Gasteiger partial charge in [0.2, 0.25) is 0 Å². The Morgan fingerprint density at radius 3 is 2.33 bits per heavy atom. The van der Waals surface area contributed by atoms with Crippen molar-refractivity contribution in [3.8, 4) is 5.75 Å². The fourth-order valence-corrected chi connectivity index (χ4v) is 1.63. The highest BCUT2D eigenvalue weighted by molar-refractivity contribution is 5.93. The number of ether oxygens (including phenoxy) is 1. The Labute approximate surface area is 106 Å². The predicted molar refractivity (Wildman–Crippen MR) is 68.4 cm³/mol. The van der Waals surface area contributed by atoms with Crippen LogP contribution in [-0.4, -0.2) is 11.1 Å². The largest absolute Gasteiger partial charge is 0.508 e. The van der Waals surface area contributed by atoms with E-state index in [0.717, 1.165) is 11.1 Å². The molecular formula is C15H14O3. The summed E-state index contributed by atoms with van der Waals surface area (Å²) in [5.74, 6) is 0.170. The fraction of sp³-hybridized carbons (Fsp3) is 0.133. The maximum Gasteiger partial charge on any atom is 0.338 e. The van der Waals surface area contributed by atoms with Gasteiger partial charge in [-0.05, 0) is 24.6 Å². The number of esters is 1. The molecule has 0 saturated heterocycles. The second-order valence-electron chi connectivity index (χ2n) is 4.02. The van der Waals surface area contributed by atoms with E-state index in [-0.39, 0.29) is 5.97 Å². The molecule has 0 fully saturated rings. The zero-order valence-corrected chi connectivity index (χ0v) is 10.1. The summed E-state index contributed by atoms with van der Waals surface area (Å²) in [6.07, 6.45) is 0. The molecule has 18 heavy (non-hydrogen) atoms. The minimum Gasteiger partial charge on any atom is -0.508 e. The minimum absolute atomic E-state index is 0.199. The summed E-state index contributed by atoms with van der Waals surface area (Å²) in [4.78, 5) is 10.8. The number of cyclic esters (lactones) is 1. The Hall–Kier alpha value is -2.29. The second-order valence-corrected chi connectivity index (χ2v) is 4.02. The fourth-order valence-electron chi connectivity index (χ4n) is 1.63. The van der Waals surface area contributed by atoms with Gasteiger partial charge in [0.15, 0.2) is 0 Å². The van der Waals surface area contributed by atoms with Gasteiger partial charge in [0.1, 0.15) is 12.4 Å². The number of aryl methyl sites for hydroxylation is 1. The normalized spacial score (nSPS) is 12.2. The van der Waals surface area contributed by atoms with E-state index in [1.54, 1.807) is 12.1 Å². The van der Waals surface area contributed by atoms with Crippen molar-refractivity contribution >= 4 is 5.97 Å². The van der Waals surface area contributed by atoms with E-state index in [2.05, 4.69) is 0 Å². The number of aromatic hydroxyl groups is 1. The molecule has 1 aliphatic rings. The van der Waals surface area contributed by atoms with Gasteiger partial charge < -0.3 is 9.84 Å². The Morgan fingerprint density at radius 1 is 1.06 bits per heavy atom. The number of carbonyl (C=O) groups is 1. The van der Waals surface area contributed by atoms with Crippen LogP contribution in [0.25, 0.3) is 0 Å². The molecule has 92 valence electrons. The van der Waals surface area contributed by atoms with E-state index in [1.165, 1.54) is 0 Å². The molecule has 0 radical (unpaired) electrons. The van der Waals surface area contributed by atoms with Gasteiger partial charge in [-0.25, -0.2) is 4.79 Å². The first-order valence-corrected chi connectivity index (χ1v) is 5.68. The molecule has 0 bridgehead atoms. The number of phenols is 1. The van der Waals surface area contributed by atoms with Crippen molar-refractivity contribution in [1.29, 1.82) is 0 Å². The summed E-state index contributed by atoms with van der Waals surface area (Å²) in [7, 11) is 0. The zero-order valence-electron chi connectivity index (χ0n) is 10.1. The van der Waals surface area contributed by atoms with Crippen LogP contribution in [0.5, 0.6) is 5.75 Å². The van der Waals surface area contributed by atoms with E-state index in [0.29, 0.717) is 17.9 Å². The number of hydrogen-bond acceptors (Lipinski definition) is 3. The number of benzene rings is 2. The molecule has 0 spiro atoms. The zero-order chi connectivity index (χ0) is 13.0. The highest BCUT2D eigenvalue weighted by Gasteiger charge is 2.18. The average Bonchev–Trinajstić information content (AvgIpc) is 2.77. The third kappa shape index (κ3) is 2.69. The quantitative estimate of drug-likeness (QED) is 0.722. The van der Waals surface area contributed by atoms with Crippen LogP contribution >= 0.6 is 0 Å². The number of para-hydroxylation sites is 1. The lowest BCUT2D eigenvalue weighted by Gasteiger charge is -1.92. The molecule has 0 aliphatic carbocycles. The Kier molecular flexibility index (Phi) is 3.63. The lowest BCUT2D eigenvalue weighted by Crippen LogP contribution is -1.91. The van der Waals surface area contributed by atoms with Crippen molar-refractivity contribution < 1.29 is 14.6 Å². The van der Waals surface area contributed by atoms with Crippen LogP contribution in [-0.2, 0) is 11.3 Å². The second kappa shape index (κ2) is 5.36. The van der Waals surface area contributed by atoms with E-state index in [1.807, 2.05) is 43.3 Å². The molecule has 3 heteroatoms. The molecule has 1 heterocycles. The molecule has 0 amide bonds. The number of hydrogen-bond donors (Lipinski definition) is 1.